The minimum absolute atomic E-state index is 0.0112. The number of thioether (sulfide) groups is 1. The molecule has 0 unspecified atom stereocenters. The third kappa shape index (κ3) is 4.88. The number of nitro groups is 1. The van der Waals surface area contributed by atoms with Crippen LogP contribution >= 0.6 is 11.8 Å². The number of benzene rings is 3. The van der Waals surface area contributed by atoms with Crippen molar-refractivity contribution < 1.29 is 24.0 Å². The average molecular weight is 462 g/mol. The second-order valence-corrected chi connectivity index (χ2v) is 7.97. The van der Waals surface area contributed by atoms with E-state index in [0.717, 1.165) is 16.7 Å². The molecular formula is C24H18N2O6S. The van der Waals surface area contributed by atoms with E-state index < -0.39 is 4.92 Å². The largest absolute Gasteiger partial charge is 0.493 e. The smallest absolute Gasteiger partial charge is 0.298 e. The molecule has 0 radical (unpaired) electrons. The predicted octanol–water partition coefficient (Wildman–Crippen LogP) is 5.42. The van der Waals surface area contributed by atoms with Gasteiger partial charge in [0.15, 0.2) is 11.5 Å². The summed E-state index contributed by atoms with van der Waals surface area (Å²) in [5, 5.41) is 10.6. The topological polar surface area (TPSA) is 99.0 Å². The van der Waals surface area contributed by atoms with Crippen molar-refractivity contribution in [2.24, 2.45) is 0 Å². The van der Waals surface area contributed by atoms with Crippen LogP contribution in [0.4, 0.5) is 16.2 Å². The molecule has 4 rings (SSSR count). The van der Waals surface area contributed by atoms with Gasteiger partial charge in [-0.3, -0.25) is 19.7 Å². The van der Waals surface area contributed by atoms with E-state index in [1.807, 2.05) is 6.07 Å². The van der Waals surface area contributed by atoms with Crippen molar-refractivity contribution >= 4 is 40.4 Å². The average Bonchev–Trinajstić information content (AvgIpc) is 3.11. The van der Waals surface area contributed by atoms with Crippen LogP contribution in [0.25, 0.3) is 6.08 Å². The van der Waals surface area contributed by atoms with Gasteiger partial charge in [-0.2, -0.15) is 0 Å². The lowest BCUT2D eigenvalue weighted by molar-refractivity contribution is -0.384. The number of nitro benzene ring substituents is 1. The number of carbonyl (C=O) groups is 2. The molecule has 0 aromatic heterocycles. The van der Waals surface area contributed by atoms with Crippen molar-refractivity contribution in [2.75, 3.05) is 12.0 Å². The maximum absolute atomic E-state index is 12.8. The molecule has 3 aromatic carbocycles. The van der Waals surface area contributed by atoms with Crippen molar-refractivity contribution in [3.63, 3.8) is 0 Å². The van der Waals surface area contributed by atoms with E-state index in [9.17, 15) is 19.7 Å². The first kappa shape index (κ1) is 22.1. The highest BCUT2D eigenvalue weighted by atomic mass is 32.2. The fourth-order valence-corrected chi connectivity index (χ4v) is 4.07. The lowest BCUT2D eigenvalue weighted by Crippen LogP contribution is -2.27. The lowest BCUT2D eigenvalue weighted by atomic mass is 10.1. The monoisotopic (exact) mass is 462 g/mol. The van der Waals surface area contributed by atoms with Crippen molar-refractivity contribution in [2.45, 2.75) is 6.61 Å². The van der Waals surface area contributed by atoms with Crippen LogP contribution in [0, 0.1) is 10.1 Å². The summed E-state index contributed by atoms with van der Waals surface area (Å²) >= 11 is 0.872. The number of carbonyl (C=O) groups excluding carboxylic acids is 2. The van der Waals surface area contributed by atoms with Crippen LogP contribution in [-0.2, 0) is 11.4 Å². The van der Waals surface area contributed by atoms with Gasteiger partial charge in [0.05, 0.1) is 22.6 Å². The van der Waals surface area contributed by atoms with Crippen LogP contribution in [0.15, 0.2) is 77.7 Å². The molecule has 33 heavy (non-hydrogen) atoms. The summed E-state index contributed by atoms with van der Waals surface area (Å²) in [5.74, 6) is 0.483. The molecule has 0 bridgehead atoms. The Bertz CT molecular complexity index is 1260. The fourth-order valence-electron chi connectivity index (χ4n) is 3.23. The zero-order valence-electron chi connectivity index (χ0n) is 17.5. The number of nitrogens with zero attached hydrogens (tertiary/aromatic N) is 2. The molecule has 0 aliphatic carbocycles. The second-order valence-electron chi connectivity index (χ2n) is 6.98. The molecule has 1 aliphatic rings. The SMILES string of the molecule is COc1cc(/C=C2/SC(=O)N(c3ccccc3)C2=O)ccc1OCc1cccc([N+](=O)[O-])c1. The molecule has 0 N–H and O–H groups in total. The normalized spacial score (nSPS) is 14.6. The number of ether oxygens (including phenoxy) is 2. The molecular weight excluding hydrogens is 444 g/mol. The summed E-state index contributed by atoms with van der Waals surface area (Å²) < 4.78 is 11.2. The first-order valence-electron chi connectivity index (χ1n) is 9.83. The number of para-hydroxylation sites is 1. The Hall–Kier alpha value is -4.11. The summed E-state index contributed by atoms with van der Waals surface area (Å²) in [6.07, 6.45) is 1.63. The molecule has 166 valence electrons. The molecule has 2 amide bonds. The molecule has 0 saturated carbocycles. The Morgan fingerprint density at radius 3 is 2.52 bits per heavy atom. The Morgan fingerprint density at radius 1 is 1.00 bits per heavy atom. The van der Waals surface area contributed by atoms with Gasteiger partial charge in [0.2, 0.25) is 0 Å². The summed E-state index contributed by atoms with van der Waals surface area (Å²) in [7, 11) is 1.49. The highest BCUT2D eigenvalue weighted by Crippen LogP contribution is 2.37. The molecule has 9 heteroatoms. The molecule has 3 aromatic rings. The first-order valence-corrected chi connectivity index (χ1v) is 10.6. The summed E-state index contributed by atoms with van der Waals surface area (Å²) in [6, 6.07) is 20.1. The van der Waals surface area contributed by atoms with E-state index in [4.69, 9.17) is 9.47 Å². The number of rotatable bonds is 7. The van der Waals surface area contributed by atoms with E-state index in [-0.39, 0.29) is 23.4 Å². The quantitative estimate of drug-likeness (QED) is 0.262. The highest BCUT2D eigenvalue weighted by Gasteiger charge is 2.36. The van der Waals surface area contributed by atoms with E-state index in [2.05, 4.69) is 0 Å². The minimum Gasteiger partial charge on any atom is -0.493 e. The van der Waals surface area contributed by atoms with Crippen molar-refractivity contribution in [3.05, 3.63) is 98.9 Å². The third-order valence-corrected chi connectivity index (χ3v) is 5.68. The first-order chi connectivity index (χ1) is 16.0. The number of methoxy groups -OCH3 is 1. The fraction of sp³-hybridized carbons (Fsp3) is 0.0833. The standard InChI is InChI=1S/C24H18N2O6S/c1-31-21-13-16(10-11-20(21)32-15-17-6-5-9-19(12-17)26(29)30)14-22-23(27)25(24(28)33-22)18-7-3-2-4-8-18/h2-14H,15H2,1H3/b22-14+. The van der Waals surface area contributed by atoms with Gasteiger partial charge in [0.1, 0.15) is 6.61 Å². The number of amides is 2. The van der Waals surface area contributed by atoms with E-state index >= 15 is 0 Å². The van der Waals surface area contributed by atoms with E-state index in [0.29, 0.717) is 33.2 Å². The minimum atomic E-state index is -0.460. The number of anilines is 1. The van der Waals surface area contributed by atoms with Crippen LogP contribution in [0.3, 0.4) is 0 Å². The number of hydrogen-bond acceptors (Lipinski definition) is 7. The Kier molecular flexibility index (Phi) is 6.41. The zero-order valence-corrected chi connectivity index (χ0v) is 18.3. The van der Waals surface area contributed by atoms with Crippen LogP contribution < -0.4 is 14.4 Å². The van der Waals surface area contributed by atoms with Crippen LogP contribution in [0.1, 0.15) is 11.1 Å². The van der Waals surface area contributed by atoms with Crippen LogP contribution in [0.2, 0.25) is 0 Å². The number of non-ortho nitro benzene ring substituents is 1. The predicted molar refractivity (Wildman–Crippen MR) is 125 cm³/mol. The number of hydrogen-bond donors (Lipinski definition) is 0. The van der Waals surface area contributed by atoms with Gasteiger partial charge in [-0.05, 0) is 53.2 Å². The maximum atomic E-state index is 12.8. The molecule has 8 nitrogen and oxygen atoms in total. The Morgan fingerprint density at radius 2 is 1.79 bits per heavy atom. The van der Waals surface area contributed by atoms with Crippen LogP contribution in [-0.4, -0.2) is 23.2 Å². The van der Waals surface area contributed by atoms with Gasteiger partial charge in [-0.15, -0.1) is 0 Å². The van der Waals surface area contributed by atoms with Crippen molar-refractivity contribution in [3.8, 4) is 11.5 Å². The molecule has 1 heterocycles. The van der Waals surface area contributed by atoms with E-state index in [1.165, 1.54) is 19.2 Å². The van der Waals surface area contributed by atoms with Gasteiger partial charge in [-0.1, -0.05) is 36.4 Å². The summed E-state index contributed by atoms with van der Waals surface area (Å²) in [5.41, 5.74) is 1.81. The van der Waals surface area contributed by atoms with Crippen LogP contribution in [0.5, 0.6) is 11.5 Å². The van der Waals surface area contributed by atoms with Crippen molar-refractivity contribution in [1.29, 1.82) is 0 Å². The lowest BCUT2D eigenvalue weighted by Gasteiger charge is -2.12. The van der Waals surface area contributed by atoms with Gasteiger partial charge in [0.25, 0.3) is 16.8 Å². The van der Waals surface area contributed by atoms with Crippen molar-refractivity contribution in [1.82, 2.24) is 0 Å². The van der Waals surface area contributed by atoms with Gasteiger partial charge in [0, 0.05) is 12.1 Å². The Labute approximate surface area is 193 Å². The molecule has 0 spiro atoms. The van der Waals surface area contributed by atoms with Gasteiger partial charge < -0.3 is 9.47 Å². The van der Waals surface area contributed by atoms with Gasteiger partial charge >= 0.3 is 0 Å². The third-order valence-electron chi connectivity index (χ3n) is 4.81. The summed E-state index contributed by atoms with van der Waals surface area (Å²) in [4.78, 5) is 37.1. The molecule has 1 saturated heterocycles. The summed E-state index contributed by atoms with van der Waals surface area (Å²) in [6.45, 7) is 0.118. The van der Waals surface area contributed by atoms with Gasteiger partial charge in [-0.25, -0.2) is 4.90 Å². The maximum Gasteiger partial charge on any atom is 0.298 e. The molecule has 0 atom stereocenters. The second kappa shape index (κ2) is 9.58. The Balaban J connectivity index is 1.52. The zero-order chi connectivity index (χ0) is 23.4. The molecule has 1 aliphatic heterocycles. The van der Waals surface area contributed by atoms with E-state index in [1.54, 1.807) is 60.7 Å². The highest BCUT2D eigenvalue weighted by molar-refractivity contribution is 8.19. The molecule has 1 fully saturated rings. The number of imide groups is 1.